The third kappa shape index (κ3) is 3.45. The number of halogens is 1. The maximum absolute atomic E-state index is 13.1. The predicted octanol–water partition coefficient (Wildman–Crippen LogP) is 4.59. The van der Waals surface area contributed by atoms with Crippen LogP contribution in [0.25, 0.3) is 0 Å². The molecular formula is C22H20FN3O2. The van der Waals surface area contributed by atoms with Gasteiger partial charge in [0.15, 0.2) is 5.78 Å². The quantitative estimate of drug-likeness (QED) is 0.720. The first-order valence-electron chi connectivity index (χ1n) is 9.11. The molecule has 5 nitrogen and oxygen atoms in total. The summed E-state index contributed by atoms with van der Waals surface area (Å²) in [6, 6.07) is 13.7. The molecule has 1 aromatic heterocycles. The van der Waals surface area contributed by atoms with Crippen LogP contribution in [-0.4, -0.2) is 22.9 Å². The van der Waals surface area contributed by atoms with Crippen LogP contribution in [-0.2, 0) is 6.42 Å². The van der Waals surface area contributed by atoms with Crippen molar-refractivity contribution in [2.24, 2.45) is 0 Å². The minimum absolute atomic E-state index is 0.00382. The second-order valence-electron chi connectivity index (χ2n) is 6.86. The van der Waals surface area contributed by atoms with E-state index in [-0.39, 0.29) is 17.5 Å². The van der Waals surface area contributed by atoms with Crippen LogP contribution in [0.5, 0.6) is 5.75 Å². The van der Waals surface area contributed by atoms with Crippen molar-refractivity contribution in [1.82, 2.24) is 9.97 Å². The Balaban J connectivity index is 1.68. The number of carbonyl (C=O) groups excluding carboxylic acids is 1. The van der Waals surface area contributed by atoms with E-state index in [1.54, 1.807) is 19.2 Å². The zero-order valence-electron chi connectivity index (χ0n) is 15.7. The summed E-state index contributed by atoms with van der Waals surface area (Å²) in [5, 5.41) is 3.09. The molecule has 0 spiro atoms. The molecule has 0 aliphatic heterocycles. The van der Waals surface area contributed by atoms with Crippen molar-refractivity contribution in [3.63, 3.8) is 0 Å². The van der Waals surface area contributed by atoms with Crippen LogP contribution in [0.2, 0.25) is 0 Å². The first-order valence-corrected chi connectivity index (χ1v) is 9.11. The molecule has 1 N–H and O–H groups in total. The Morgan fingerprint density at radius 2 is 1.82 bits per heavy atom. The molecule has 28 heavy (non-hydrogen) atoms. The number of anilines is 2. The summed E-state index contributed by atoms with van der Waals surface area (Å²) in [4.78, 5) is 21.8. The maximum atomic E-state index is 13.1. The largest absolute Gasteiger partial charge is 0.496 e. The zero-order valence-corrected chi connectivity index (χ0v) is 15.7. The summed E-state index contributed by atoms with van der Waals surface area (Å²) >= 11 is 0. The van der Waals surface area contributed by atoms with Crippen molar-refractivity contribution < 1.29 is 13.9 Å². The lowest BCUT2D eigenvalue weighted by molar-refractivity contribution is 0.0961. The highest BCUT2D eigenvalue weighted by Gasteiger charge is 2.31. The number of rotatable bonds is 4. The molecule has 142 valence electrons. The molecule has 0 fully saturated rings. The van der Waals surface area contributed by atoms with Gasteiger partial charge in [-0.25, -0.2) is 14.4 Å². The van der Waals surface area contributed by atoms with Crippen molar-refractivity contribution in [2.45, 2.75) is 25.7 Å². The van der Waals surface area contributed by atoms with E-state index < -0.39 is 0 Å². The molecule has 6 heteroatoms. The third-order valence-electron chi connectivity index (χ3n) is 4.99. The van der Waals surface area contributed by atoms with Gasteiger partial charge in [0.2, 0.25) is 5.95 Å². The lowest BCUT2D eigenvalue weighted by atomic mass is 9.81. The number of hydrogen-bond acceptors (Lipinski definition) is 5. The molecule has 0 saturated carbocycles. The van der Waals surface area contributed by atoms with Crippen molar-refractivity contribution in [1.29, 1.82) is 0 Å². The topological polar surface area (TPSA) is 64.1 Å². The third-order valence-corrected chi connectivity index (χ3v) is 4.99. The predicted molar refractivity (Wildman–Crippen MR) is 105 cm³/mol. The highest BCUT2D eigenvalue weighted by atomic mass is 19.1. The normalized spacial score (nSPS) is 15.8. The first-order chi connectivity index (χ1) is 13.5. The van der Waals surface area contributed by atoms with Crippen molar-refractivity contribution in [3.05, 3.63) is 76.9 Å². The fraction of sp³-hybridized carbons (Fsp3) is 0.227. The molecule has 0 radical (unpaired) electrons. The highest BCUT2D eigenvalue weighted by molar-refractivity contribution is 5.99. The van der Waals surface area contributed by atoms with E-state index in [1.165, 1.54) is 12.1 Å². The monoisotopic (exact) mass is 377 g/mol. The Kier molecular flexibility index (Phi) is 4.77. The number of carbonyl (C=O) groups is 1. The van der Waals surface area contributed by atoms with Crippen molar-refractivity contribution >= 4 is 17.4 Å². The molecular weight excluding hydrogens is 357 g/mol. The standard InChI is InChI=1S/C22H20FN3O2/c1-13-21-18(26-22(24-13)25-16-9-7-15(23)8-10-16)11-14(12-19(21)27)17-5-3-4-6-20(17)28-2/h3-10,14H,11-12H2,1-2H3,(H,24,25,26). The number of aryl methyl sites for hydroxylation is 1. The van der Waals surface area contributed by atoms with Gasteiger partial charge in [-0.1, -0.05) is 18.2 Å². The average Bonchev–Trinajstić information content (AvgIpc) is 2.69. The number of ether oxygens (including phenoxy) is 1. The van der Waals surface area contributed by atoms with Crippen LogP contribution < -0.4 is 10.1 Å². The smallest absolute Gasteiger partial charge is 0.227 e. The van der Waals surface area contributed by atoms with Crippen molar-refractivity contribution in [2.75, 3.05) is 12.4 Å². The van der Waals surface area contributed by atoms with Crippen LogP contribution in [0.1, 0.15) is 39.6 Å². The van der Waals surface area contributed by atoms with Gasteiger partial charge in [0, 0.05) is 18.0 Å². The molecule has 1 heterocycles. The maximum Gasteiger partial charge on any atom is 0.227 e. The Morgan fingerprint density at radius 1 is 1.07 bits per heavy atom. The Hall–Kier alpha value is -3.28. The van der Waals surface area contributed by atoms with Gasteiger partial charge >= 0.3 is 0 Å². The number of Topliss-reactive ketones (excluding diaryl/α,β-unsaturated/α-hetero) is 1. The molecule has 0 amide bonds. The SMILES string of the molecule is COc1ccccc1C1CC(=O)c2c(C)nc(Nc3ccc(F)cc3)nc2C1. The lowest BCUT2D eigenvalue weighted by Crippen LogP contribution is -2.23. The van der Waals surface area contributed by atoms with Gasteiger partial charge in [-0.15, -0.1) is 0 Å². The number of hydrogen-bond donors (Lipinski definition) is 1. The van der Waals surface area contributed by atoms with E-state index in [2.05, 4.69) is 15.3 Å². The van der Waals surface area contributed by atoms with Crippen LogP contribution in [0, 0.1) is 12.7 Å². The zero-order chi connectivity index (χ0) is 19.7. The molecule has 0 saturated heterocycles. The van der Waals surface area contributed by atoms with E-state index in [0.29, 0.717) is 35.7 Å². The number of fused-ring (bicyclic) bond motifs is 1. The van der Waals surface area contributed by atoms with Gasteiger partial charge in [0.05, 0.1) is 24.1 Å². The molecule has 3 aromatic rings. The Labute approximate surface area is 162 Å². The minimum Gasteiger partial charge on any atom is -0.496 e. The molecule has 1 aliphatic rings. The van der Waals surface area contributed by atoms with E-state index in [1.807, 2.05) is 31.2 Å². The first kappa shape index (κ1) is 18.1. The van der Waals surface area contributed by atoms with Crippen LogP contribution >= 0.6 is 0 Å². The summed E-state index contributed by atoms with van der Waals surface area (Å²) in [6.07, 6.45) is 1.03. The van der Waals surface area contributed by atoms with Gasteiger partial charge in [0.1, 0.15) is 11.6 Å². The number of nitrogens with one attached hydrogen (secondary N) is 1. The van der Waals surface area contributed by atoms with Gasteiger partial charge in [-0.3, -0.25) is 4.79 Å². The number of benzene rings is 2. The fourth-order valence-electron chi connectivity index (χ4n) is 3.72. The second kappa shape index (κ2) is 7.38. The lowest BCUT2D eigenvalue weighted by Gasteiger charge is -2.25. The molecule has 1 unspecified atom stereocenters. The van der Waals surface area contributed by atoms with E-state index in [4.69, 9.17) is 4.74 Å². The van der Waals surface area contributed by atoms with Gasteiger partial charge < -0.3 is 10.1 Å². The van der Waals surface area contributed by atoms with Gasteiger partial charge in [-0.2, -0.15) is 0 Å². The molecule has 1 aliphatic carbocycles. The molecule has 4 rings (SSSR count). The van der Waals surface area contributed by atoms with Crippen LogP contribution in [0.15, 0.2) is 48.5 Å². The Morgan fingerprint density at radius 3 is 2.57 bits per heavy atom. The average molecular weight is 377 g/mol. The molecule has 2 aromatic carbocycles. The Bertz CT molecular complexity index is 1030. The summed E-state index contributed by atoms with van der Waals surface area (Å²) in [6.45, 7) is 1.82. The summed E-state index contributed by atoms with van der Waals surface area (Å²) in [7, 11) is 1.63. The fourth-order valence-corrected chi connectivity index (χ4v) is 3.72. The number of para-hydroxylation sites is 1. The number of aromatic nitrogens is 2. The van der Waals surface area contributed by atoms with Gasteiger partial charge in [-0.05, 0) is 49.2 Å². The van der Waals surface area contributed by atoms with E-state index in [0.717, 1.165) is 17.0 Å². The van der Waals surface area contributed by atoms with Crippen LogP contribution in [0.4, 0.5) is 16.0 Å². The van der Waals surface area contributed by atoms with Gasteiger partial charge in [0.25, 0.3) is 0 Å². The summed E-state index contributed by atoms with van der Waals surface area (Å²) < 4.78 is 18.6. The number of methoxy groups -OCH3 is 1. The van der Waals surface area contributed by atoms with Crippen molar-refractivity contribution in [3.8, 4) is 5.75 Å². The molecule has 1 atom stereocenters. The van der Waals surface area contributed by atoms with E-state index >= 15 is 0 Å². The second-order valence-corrected chi connectivity index (χ2v) is 6.86. The summed E-state index contributed by atoms with van der Waals surface area (Å²) in [5.41, 5.74) is 3.68. The minimum atomic E-state index is -0.307. The summed E-state index contributed by atoms with van der Waals surface area (Å²) in [5.74, 6) is 0.918. The highest BCUT2D eigenvalue weighted by Crippen LogP contribution is 2.37. The number of ketones is 1. The van der Waals surface area contributed by atoms with E-state index in [9.17, 15) is 9.18 Å². The number of nitrogens with zero attached hydrogens (tertiary/aromatic N) is 2. The molecule has 0 bridgehead atoms. The van der Waals surface area contributed by atoms with Crippen LogP contribution in [0.3, 0.4) is 0 Å².